The van der Waals surface area contributed by atoms with Crippen molar-refractivity contribution in [2.45, 2.75) is 12.6 Å². The average molecular weight is 292 g/mol. The van der Waals surface area contributed by atoms with Crippen LogP contribution in [-0.4, -0.2) is 17.7 Å². The van der Waals surface area contributed by atoms with E-state index in [1.807, 2.05) is 0 Å². The molecule has 0 saturated heterocycles. The van der Waals surface area contributed by atoms with Crippen LogP contribution in [0.15, 0.2) is 54.6 Å². The molecule has 108 valence electrons. The first-order valence-electron chi connectivity index (χ1n) is 6.16. The fraction of sp³-hybridized carbons (Fsp3) is 0.125. The maximum Gasteiger partial charge on any atom is 0.450 e. The normalized spacial score (nSPS) is 11.2. The average Bonchev–Trinajstić information content (AvgIpc) is 2.43. The number of benzene rings is 2. The van der Waals surface area contributed by atoms with Crippen LogP contribution in [0.3, 0.4) is 0 Å². The second-order valence-corrected chi connectivity index (χ2v) is 4.46. The van der Waals surface area contributed by atoms with E-state index in [2.05, 4.69) is 24.3 Å². The van der Waals surface area contributed by atoms with Crippen LogP contribution < -0.4 is 0 Å². The van der Waals surface area contributed by atoms with E-state index < -0.39 is 24.2 Å². The first-order chi connectivity index (χ1) is 9.88. The SMILES string of the molecule is O=C(CC(=O)C(F)(F)F)c1ccccc1.c1cc2ccc1=2. The number of carbonyl (C=O) groups is 2. The van der Waals surface area contributed by atoms with E-state index >= 15 is 0 Å². The number of carbonyl (C=O) groups excluding carboxylic acids is 2. The van der Waals surface area contributed by atoms with Gasteiger partial charge in [0.05, 0.1) is 6.42 Å². The molecule has 0 heterocycles. The van der Waals surface area contributed by atoms with E-state index in [9.17, 15) is 22.8 Å². The molecule has 2 nitrogen and oxygen atoms in total. The first kappa shape index (κ1) is 15.0. The molecular weight excluding hydrogens is 281 g/mol. The lowest BCUT2D eigenvalue weighted by Gasteiger charge is -2.03. The fourth-order valence-electron chi connectivity index (χ4n) is 1.63. The number of hydrogen-bond donors (Lipinski definition) is 0. The van der Waals surface area contributed by atoms with Crippen molar-refractivity contribution in [3.8, 4) is 0 Å². The van der Waals surface area contributed by atoms with Gasteiger partial charge in [0, 0.05) is 5.56 Å². The van der Waals surface area contributed by atoms with Gasteiger partial charge in [-0.25, -0.2) is 0 Å². The highest BCUT2D eigenvalue weighted by Gasteiger charge is 2.39. The Morgan fingerprint density at radius 3 is 1.62 bits per heavy atom. The molecule has 0 aliphatic heterocycles. The molecule has 0 atom stereocenters. The molecule has 0 bridgehead atoms. The number of alkyl halides is 3. The van der Waals surface area contributed by atoms with Crippen molar-refractivity contribution in [1.29, 1.82) is 0 Å². The summed E-state index contributed by atoms with van der Waals surface area (Å²) in [7, 11) is 0. The van der Waals surface area contributed by atoms with Crippen LogP contribution in [0.25, 0.3) is 0 Å². The highest BCUT2D eigenvalue weighted by atomic mass is 19.4. The topological polar surface area (TPSA) is 34.1 Å². The summed E-state index contributed by atoms with van der Waals surface area (Å²) in [5.74, 6) is -2.84. The Hall–Kier alpha value is -2.43. The Kier molecular flexibility index (Phi) is 4.21. The maximum absolute atomic E-state index is 11.8. The van der Waals surface area contributed by atoms with Gasteiger partial charge in [-0.05, 0) is 10.4 Å². The molecule has 0 unspecified atom stereocenters. The van der Waals surface area contributed by atoms with Gasteiger partial charge in [0.25, 0.3) is 0 Å². The summed E-state index contributed by atoms with van der Waals surface area (Å²) in [4.78, 5) is 21.7. The lowest BCUT2D eigenvalue weighted by atomic mass is 10.1. The van der Waals surface area contributed by atoms with Gasteiger partial charge in [-0.3, -0.25) is 9.59 Å². The van der Waals surface area contributed by atoms with E-state index in [4.69, 9.17) is 0 Å². The zero-order chi connectivity index (χ0) is 15.5. The molecule has 3 rings (SSSR count). The van der Waals surface area contributed by atoms with Crippen LogP contribution in [0.5, 0.6) is 0 Å². The number of halogens is 3. The zero-order valence-corrected chi connectivity index (χ0v) is 10.9. The summed E-state index contributed by atoms with van der Waals surface area (Å²) >= 11 is 0. The molecule has 1 aromatic rings. The number of Topliss-reactive ketones (excluding diaryl/α,β-unsaturated/α-hetero) is 2. The zero-order valence-electron chi connectivity index (χ0n) is 10.9. The lowest BCUT2D eigenvalue weighted by Crippen LogP contribution is -2.25. The van der Waals surface area contributed by atoms with Crippen molar-refractivity contribution in [2.75, 3.05) is 0 Å². The summed E-state index contributed by atoms with van der Waals surface area (Å²) in [6.07, 6.45) is -6.07. The van der Waals surface area contributed by atoms with Gasteiger partial charge in [-0.15, -0.1) is 0 Å². The van der Waals surface area contributed by atoms with Crippen molar-refractivity contribution in [2.24, 2.45) is 0 Å². The van der Waals surface area contributed by atoms with Crippen LogP contribution >= 0.6 is 0 Å². The van der Waals surface area contributed by atoms with Gasteiger partial charge in [0.15, 0.2) is 5.78 Å². The number of rotatable bonds is 3. The van der Waals surface area contributed by atoms with Crippen molar-refractivity contribution in [3.63, 3.8) is 0 Å². The first-order valence-corrected chi connectivity index (χ1v) is 6.16. The van der Waals surface area contributed by atoms with Crippen LogP contribution in [0, 0.1) is 10.4 Å². The Bertz CT molecular complexity index is 699. The molecule has 1 aromatic carbocycles. The second-order valence-electron chi connectivity index (χ2n) is 4.46. The number of ketones is 2. The van der Waals surface area contributed by atoms with Gasteiger partial charge in [0.1, 0.15) is 0 Å². The van der Waals surface area contributed by atoms with Crippen molar-refractivity contribution >= 4 is 11.6 Å². The Morgan fingerprint density at radius 2 is 1.29 bits per heavy atom. The van der Waals surface area contributed by atoms with Crippen LogP contribution in [0.4, 0.5) is 13.2 Å². The van der Waals surface area contributed by atoms with Crippen molar-refractivity contribution in [3.05, 3.63) is 70.6 Å². The number of hydrogen-bond acceptors (Lipinski definition) is 2. The standard InChI is InChI=1S/C10H7F3O2.C6H4/c11-10(12,13)9(15)6-8(14)7-4-2-1-3-5-7;1-2-6-4-3-5(1)6/h1-5H,6H2;1-4H. The second kappa shape index (κ2) is 5.91. The third kappa shape index (κ3) is 3.78. The Balaban J connectivity index is 0.000000218. The predicted octanol–water partition coefficient (Wildman–Crippen LogP) is 3.68. The van der Waals surface area contributed by atoms with Crippen molar-refractivity contribution < 1.29 is 22.8 Å². The van der Waals surface area contributed by atoms with Gasteiger partial charge >= 0.3 is 6.18 Å². The van der Waals surface area contributed by atoms with Crippen molar-refractivity contribution in [1.82, 2.24) is 0 Å². The van der Waals surface area contributed by atoms with E-state index in [-0.39, 0.29) is 5.56 Å². The quantitative estimate of drug-likeness (QED) is 0.545. The van der Waals surface area contributed by atoms with E-state index in [0.717, 1.165) is 0 Å². The summed E-state index contributed by atoms with van der Waals surface area (Å²) in [6.45, 7) is 0. The Labute approximate surface area is 118 Å². The molecule has 0 spiro atoms. The van der Waals surface area contributed by atoms with E-state index in [0.29, 0.717) is 0 Å². The molecule has 0 aromatic heterocycles. The third-order valence-corrected chi connectivity index (χ3v) is 2.95. The van der Waals surface area contributed by atoms with E-state index in [1.165, 1.54) is 34.7 Å². The van der Waals surface area contributed by atoms with Crippen LogP contribution in [0.2, 0.25) is 0 Å². The summed E-state index contributed by atoms with van der Waals surface area (Å²) < 4.78 is 35.5. The smallest absolute Gasteiger partial charge is 0.294 e. The molecule has 0 N–H and O–H groups in total. The molecule has 0 saturated carbocycles. The summed E-state index contributed by atoms with van der Waals surface area (Å²) in [5.41, 5.74) is 0.107. The lowest BCUT2D eigenvalue weighted by molar-refractivity contribution is -0.170. The van der Waals surface area contributed by atoms with Crippen LogP contribution in [-0.2, 0) is 4.79 Å². The molecular formula is C16H11F3O2. The summed E-state index contributed by atoms with van der Waals surface area (Å²) in [6, 6.07) is 15.9. The minimum Gasteiger partial charge on any atom is -0.294 e. The van der Waals surface area contributed by atoms with E-state index in [1.54, 1.807) is 6.07 Å². The fourth-order valence-corrected chi connectivity index (χ4v) is 1.63. The largest absolute Gasteiger partial charge is 0.450 e. The molecule has 5 heteroatoms. The summed E-state index contributed by atoms with van der Waals surface area (Å²) in [5, 5.41) is 2.85. The molecule has 0 amide bonds. The molecule has 2 aliphatic rings. The monoisotopic (exact) mass is 292 g/mol. The molecule has 21 heavy (non-hydrogen) atoms. The van der Waals surface area contributed by atoms with Gasteiger partial charge < -0.3 is 0 Å². The molecule has 2 aliphatic carbocycles. The molecule has 0 fully saturated rings. The van der Waals surface area contributed by atoms with Crippen LogP contribution in [0.1, 0.15) is 16.8 Å². The molecule has 0 radical (unpaired) electrons. The van der Waals surface area contributed by atoms with Gasteiger partial charge in [0.2, 0.25) is 5.78 Å². The van der Waals surface area contributed by atoms with Gasteiger partial charge in [-0.1, -0.05) is 54.6 Å². The third-order valence-electron chi connectivity index (χ3n) is 2.95. The predicted molar refractivity (Wildman–Crippen MR) is 70.6 cm³/mol. The Morgan fingerprint density at radius 1 is 0.810 bits per heavy atom. The highest BCUT2D eigenvalue weighted by molar-refractivity contribution is 6.09. The maximum atomic E-state index is 11.8. The van der Waals surface area contributed by atoms with Gasteiger partial charge in [-0.2, -0.15) is 13.2 Å². The minimum absolute atomic E-state index is 0.107. The minimum atomic E-state index is -4.94. The highest BCUT2D eigenvalue weighted by Crippen LogP contribution is 2.19.